The van der Waals surface area contributed by atoms with Crippen molar-refractivity contribution in [1.29, 1.82) is 0 Å². The number of aryl methyl sites for hydroxylation is 1. The largest absolute Gasteiger partial charge is 0.269 e. The van der Waals surface area contributed by atoms with Gasteiger partial charge in [0.15, 0.2) is 0 Å². The van der Waals surface area contributed by atoms with Crippen LogP contribution in [0.15, 0.2) is 76.7 Å². The Morgan fingerprint density at radius 2 is 1.21 bits per heavy atom. The van der Waals surface area contributed by atoms with Crippen molar-refractivity contribution in [3.63, 3.8) is 0 Å². The number of aliphatic imine (C=N–C) groups is 2. The van der Waals surface area contributed by atoms with E-state index in [2.05, 4.69) is 9.98 Å². The number of rotatable bonds is 6. The molecule has 0 aliphatic heterocycles. The van der Waals surface area contributed by atoms with Crippen LogP contribution >= 0.6 is 0 Å². The van der Waals surface area contributed by atoms with Crippen LogP contribution in [0.2, 0.25) is 0 Å². The number of non-ortho nitro benzene ring substituents is 2. The molecule has 0 radical (unpaired) electrons. The molecule has 0 aliphatic carbocycles. The van der Waals surface area contributed by atoms with Gasteiger partial charge in [0.2, 0.25) is 0 Å². The summed E-state index contributed by atoms with van der Waals surface area (Å²) < 4.78 is 0. The fourth-order valence-electron chi connectivity index (χ4n) is 2.47. The van der Waals surface area contributed by atoms with E-state index in [0.29, 0.717) is 5.69 Å². The number of nitro groups is 2. The molecule has 0 bridgehead atoms. The second-order valence-corrected chi connectivity index (χ2v) is 6.18. The maximum Gasteiger partial charge on any atom is 0.269 e. The number of hydrogen-bond donors (Lipinski definition) is 0. The van der Waals surface area contributed by atoms with Gasteiger partial charge in [-0.05, 0) is 60.0 Å². The number of benzene rings is 3. The zero-order chi connectivity index (χ0) is 20.8. The molecule has 0 unspecified atom stereocenters. The Hall–Kier alpha value is -4.20. The van der Waals surface area contributed by atoms with Crippen molar-refractivity contribution in [2.24, 2.45) is 9.98 Å². The van der Waals surface area contributed by atoms with Crippen molar-refractivity contribution in [2.45, 2.75) is 6.92 Å². The molecule has 0 heterocycles. The molecule has 0 saturated heterocycles. The third kappa shape index (κ3) is 5.16. The highest BCUT2D eigenvalue weighted by Crippen LogP contribution is 2.25. The minimum atomic E-state index is -0.448. The van der Waals surface area contributed by atoms with Crippen molar-refractivity contribution in [3.8, 4) is 0 Å². The topological polar surface area (TPSA) is 111 Å². The first-order chi connectivity index (χ1) is 13.9. The van der Waals surface area contributed by atoms with Gasteiger partial charge in [-0.15, -0.1) is 0 Å². The van der Waals surface area contributed by atoms with Gasteiger partial charge in [-0.3, -0.25) is 30.2 Å². The van der Waals surface area contributed by atoms with Gasteiger partial charge in [-0.25, -0.2) is 0 Å². The highest BCUT2D eigenvalue weighted by atomic mass is 16.6. The molecule has 0 aliphatic rings. The number of nitrogens with zero attached hydrogens (tertiary/aromatic N) is 4. The molecular formula is C21H16N4O4. The van der Waals surface area contributed by atoms with Crippen molar-refractivity contribution in [2.75, 3.05) is 0 Å². The second kappa shape index (κ2) is 8.66. The summed E-state index contributed by atoms with van der Waals surface area (Å²) >= 11 is 0. The first-order valence-electron chi connectivity index (χ1n) is 8.60. The predicted octanol–water partition coefficient (Wildman–Crippen LogP) is 5.31. The van der Waals surface area contributed by atoms with Crippen molar-refractivity contribution >= 4 is 35.2 Å². The summed E-state index contributed by atoms with van der Waals surface area (Å²) in [6.45, 7) is 1.92. The molecule has 29 heavy (non-hydrogen) atoms. The van der Waals surface area contributed by atoms with E-state index in [1.54, 1.807) is 36.7 Å². The first-order valence-corrected chi connectivity index (χ1v) is 8.60. The minimum absolute atomic E-state index is 0.0281. The second-order valence-electron chi connectivity index (χ2n) is 6.18. The van der Waals surface area contributed by atoms with Crippen LogP contribution in [0.1, 0.15) is 16.7 Å². The van der Waals surface area contributed by atoms with Gasteiger partial charge in [0, 0.05) is 36.7 Å². The first kappa shape index (κ1) is 19.6. The van der Waals surface area contributed by atoms with E-state index in [4.69, 9.17) is 0 Å². The lowest BCUT2D eigenvalue weighted by molar-refractivity contribution is -0.385. The van der Waals surface area contributed by atoms with Crippen LogP contribution in [0.4, 0.5) is 22.7 Å². The monoisotopic (exact) mass is 388 g/mol. The summed E-state index contributed by atoms with van der Waals surface area (Å²) in [4.78, 5) is 29.4. The quantitative estimate of drug-likeness (QED) is 0.323. The van der Waals surface area contributed by atoms with Crippen LogP contribution in [0.5, 0.6) is 0 Å². The van der Waals surface area contributed by atoms with E-state index < -0.39 is 9.85 Å². The highest BCUT2D eigenvalue weighted by molar-refractivity contribution is 5.84. The fraction of sp³-hybridized carbons (Fsp3) is 0.0476. The Kier molecular flexibility index (Phi) is 5.84. The lowest BCUT2D eigenvalue weighted by Gasteiger charge is -2.02. The maximum absolute atomic E-state index is 10.7. The Labute approximate surface area is 166 Å². The van der Waals surface area contributed by atoms with Crippen molar-refractivity contribution in [1.82, 2.24) is 0 Å². The Balaban J connectivity index is 1.76. The van der Waals surface area contributed by atoms with E-state index in [1.165, 1.54) is 24.3 Å². The van der Waals surface area contributed by atoms with Gasteiger partial charge in [0.25, 0.3) is 11.4 Å². The molecular weight excluding hydrogens is 372 g/mol. The predicted molar refractivity (Wildman–Crippen MR) is 112 cm³/mol. The molecule has 0 amide bonds. The van der Waals surface area contributed by atoms with Gasteiger partial charge in [-0.1, -0.05) is 6.07 Å². The van der Waals surface area contributed by atoms with Gasteiger partial charge in [0.1, 0.15) is 0 Å². The van der Waals surface area contributed by atoms with E-state index >= 15 is 0 Å². The van der Waals surface area contributed by atoms with E-state index in [0.717, 1.165) is 22.4 Å². The Morgan fingerprint density at radius 1 is 0.724 bits per heavy atom. The van der Waals surface area contributed by atoms with E-state index in [9.17, 15) is 20.2 Å². The average Bonchev–Trinajstić information content (AvgIpc) is 2.72. The Morgan fingerprint density at radius 3 is 1.69 bits per heavy atom. The molecule has 0 N–H and O–H groups in total. The van der Waals surface area contributed by atoms with Crippen LogP contribution in [0.25, 0.3) is 0 Å². The molecule has 0 fully saturated rings. The molecule has 0 saturated carbocycles. The Bertz CT molecular complexity index is 1100. The normalized spacial score (nSPS) is 11.2. The summed E-state index contributed by atoms with van der Waals surface area (Å²) in [6.07, 6.45) is 3.26. The zero-order valence-electron chi connectivity index (χ0n) is 15.4. The summed E-state index contributed by atoms with van der Waals surface area (Å²) in [5.41, 5.74) is 3.91. The number of nitro benzene ring substituents is 2. The van der Waals surface area contributed by atoms with Gasteiger partial charge < -0.3 is 0 Å². The molecule has 3 aromatic rings. The molecule has 0 spiro atoms. The molecule has 8 nitrogen and oxygen atoms in total. The number of hydrogen-bond acceptors (Lipinski definition) is 6. The third-order valence-electron chi connectivity index (χ3n) is 4.12. The fourth-order valence-corrected chi connectivity index (χ4v) is 2.47. The van der Waals surface area contributed by atoms with Gasteiger partial charge in [0.05, 0.1) is 21.2 Å². The molecule has 0 aromatic heterocycles. The van der Waals surface area contributed by atoms with Crippen molar-refractivity contribution < 1.29 is 9.85 Å². The van der Waals surface area contributed by atoms with E-state index in [1.807, 2.05) is 25.1 Å². The zero-order valence-corrected chi connectivity index (χ0v) is 15.4. The summed E-state index contributed by atoms with van der Waals surface area (Å²) in [5.74, 6) is 0. The maximum atomic E-state index is 10.7. The summed E-state index contributed by atoms with van der Waals surface area (Å²) in [7, 11) is 0. The standard InChI is InChI=1S/C21H16N4O4/c1-15-2-7-18(22-13-16-3-8-19(9-4-16)24(26)27)12-21(15)23-14-17-5-10-20(11-6-17)25(28)29/h2-14H,1H3. The van der Waals surface area contributed by atoms with Crippen LogP contribution in [0.3, 0.4) is 0 Å². The molecule has 3 rings (SSSR count). The van der Waals surface area contributed by atoms with Gasteiger partial charge in [-0.2, -0.15) is 0 Å². The van der Waals surface area contributed by atoms with Crippen molar-refractivity contribution in [3.05, 3.63) is 104 Å². The summed E-state index contributed by atoms with van der Waals surface area (Å²) in [5, 5.41) is 21.4. The SMILES string of the molecule is Cc1ccc(N=Cc2ccc([N+](=O)[O-])cc2)cc1N=Cc1ccc([N+](=O)[O-])cc1. The highest BCUT2D eigenvalue weighted by Gasteiger charge is 2.04. The molecule has 8 heteroatoms. The van der Waals surface area contributed by atoms with E-state index in [-0.39, 0.29) is 11.4 Å². The summed E-state index contributed by atoms with van der Waals surface area (Å²) in [6, 6.07) is 17.8. The minimum Gasteiger partial charge on any atom is -0.258 e. The van der Waals surface area contributed by atoms with Crippen LogP contribution < -0.4 is 0 Å². The lowest BCUT2D eigenvalue weighted by atomic mass is 10.1. The smallest absolute Gasteiger partial charge is 0.258 e. The van der Waals surface area contributed by atoms with Crippen LogP contribution in [-0.4, -0.2) is 22.3 Å². The van der Waals surface area contributed by atoms with Gasteiger partial charge >= 0.3 is 0 Å². The molecule has 0 atom stereocenters. The van der Waals surface area contributed by atoms with Crippen LogP contribution in [-0.2, 0) is 0 Å². The molecule has 144 valence electrons. The third-order valence-corrected chi connectivity index (χ3v) is 4.12. The average molecular weight is 388 g/mol. The van der Waals surface area contributed by atoms with Crippen LogP contribution in [0, 0.1) is 27.2 Å². The lowest BCUT2D eigenvalue weighted by Crippen LogP contribution is -1.88. The molecule has 3 aromatic carbocycles.